The predicted molar refractivity (Wildman–Crippen MR) is 113 cm³/mol. The molecule has 3 rings (SSSR count). The summed E-state index contributed by atoms with van der Waals surface area (Å²) in [7, 11) is 0. The number of halogens is 2. The van der Waals surface area contributed by atoms with E-state index in [1.165, 1.54) is 0 Å². The van der Waals surface area contributed by atoms with E-state index in [-0.39, 0.29) is 18.4 Å². The monoisotopic (exact) mass is 433 g/mol. The van der Waals surface area contributed by atoms with E-state index in [0.29, 0.717) is 26.9 Å². The molecule has 1 amide bonds. The molecule has 5 nitrogen and oxygen atoms in total. The van der Waals surface area contributed by atoms with Crippen molar-refractivity contribution in [2.45, 2.75) is 32.9 Å². The van der Waals surface area contributed by atoms with Crippen LogP contribution < -0.4 is 4.90 Å². The molecule has 0 bridgehead atoms. The van der Waals surface area contributed by atoms with Crippen LogP contribution in [-0.2, 0) is 19.1 Å². The molecule has 0 saturated carbocycles. The van der Waals surface area contributed by atoms with Crippen LogP contribution in [0, 0.1) is 0 Å². The normalized spacial score (nSPS) is 17.7. The summed E-state index contributed by atoms with van der Waals surface area (Å²) in [6.07, 6.45) is 0.351. The van der Waals surface area contributed by atoms with Crippen molar-refractivity contribution in [1.82, 2.24) is 0 Å². The van der Waals surface area contributed by atoms with Crippen molar-refractivity contribution in [2.75, 3.05) is 11.5 Å². The first-order chi connectivity index (χ1) is 13.8. The zero-order valence-electron chi connectivity index (χ0n) is 16.3. The van der Waals surface area contributed by atoms with Crippen LogP contribution in [0.15, 0.2) is 54.3 Å². The molecule has 0 N–H and O–H groups in total. The average Bonchev–Trinajstić information content (AvgIpc) is 2.77. The van der Waals surface area contributed by atoms with Crippen molar-refractivity contribution < 1.29 is 19.1 Å². The summed E-state index contributed by atoms with van der Waals surface area (Å²) < 4.78 is 11.1. The minimum atomic E-state index is -0.731. The lowest BCUT2D eigenvalue weighted by Crippen LogP contribution is -2.38. The number of carbonyl (C=O) groups excluding carboxylic acids is 2. The van der Waals surface area contributed by atoms with Crippen molar-refractivity contribution in [3.05, 3.63) is 75.5 Å². The van der Waals surface area contributed by atoms with Crippen LogP contribution in [0.1, 0.15) is 38.0 Å². The second kappa shape index (κ2) is 8.89. The van der Waals surface area contributed by atoms with Crippen LogP contribution in [-0.4, -0.2) is 24.5 Å². The number of fused-ring (bicyclic) bond motifs is 1. The molecule has 1 unspecified atom stereocenters. The smallest absolute Gasteiger partial charge is 0.334 e. The Kier molecular flexibility index (Phi) is 6.50. The Morgan fingerprint density at radius 3 is 2.59 bits per heavy atom. The zero-order valence-corrected chi connectivity index (χ0v) is 17.8. The minimum Gasteiger partial charge on any atom is -0.475 e. The topological polar surface area (TPSA) is 55.8 Å². The fourth-order valence-electron chi connectivity index (χ4n) is 3.24. The maximum Gasteiger partial charge on any atom is 0.334 e. The van der Waals surface area contributed by atoms with Gasteiger partial charge in [0.15, 0.2) is 11.9 Å². The van der Waals surface area contributed by atoms with Gasteiger partial charge in [0.1, 0.15) is 0 Å². The van der Waals surface area contributed by atoms with E-state index in [0.717, 1.165) is 6.08 Å². The molecule has 0 aliphatic carbocycles. The number of nitrogens with zero attached hydrogens (tertiary/aromatic N) is 1. The molecule has 152 valence electrons. The fourth-order valence-corrected chi connectivity index (χ4v) is 3.66. The Labute approximate surface area is 179 Å². The quantitative estimate of drug-likeness (QED) is 0.484. The third-order valence-corrected chi connectivity index (χ3v) is 5.02. The van der Waals surface area contributed by atoms with E-state index in [4.69, 9.17) is 32.7 Å². The van der Waals surface area contributed by atoms with Gasteiger partial charge < -0.3 is 14.4 Å². The summed E-state index contributed by atoms with van der Waals surface area (Å²) in [5.41, 5.74) is 1.98. The number of amides is 1. The number of carbonyl (C=O) groups is 2. The van der Waals surface area contributed by atoms with Crippen molar-refractivity contribution in [3.8, 4) is 0 Å². The van der Waals surface area contributed by atoms with Crippen LogP contribution in [0.5, 0.6) is 0 Å². The van der Waals surface area contributed by atoms with Gasteiger partial charge in [0.25, 0.3) is 5.91 Å². The highest BCUT2D eigenvalue weighted by molar-refractivity contribution is 6.31. The van der Waals surface area contributed by atoms with E-state index in [2.05, 4.69) is 0 Å². The van der Waals surface area contributed by atoms with E-state index in [9.17, 15) is 9.59 Å². The highest BCUT2D eigenvalue weighted by Gasteiger charge is 2.36. The van der Waals surface area contributed by atoms with Gasteiger partial charge in [-0.2, -0.15) is 0 Å². The number of ether oxygens (including phenoxy) is 2. The highest BCUT2D eigenvalue weighted by Crippen LogP contribution is 2.42. The third-order valence-electron chi connectivity index (χ3n) is 4.45. The molecule has 29 heavy (non-hydrogen) atoms. The first kappa shape index (κ1) is 21.2. The van der Waals surface area contributed by atoms with Gasteiger partial charge >= 0.3 is 5.97 Å². The molecule has 0 saturated heterocycles. The fraction of sp³-hybridized carbons (Fsp3) is 0.273. The van der Waals surface area contributed by atoms with Gasteiger partial charge in [-0.15, -0.1) is 0 Å². The minimum absolute atomic E-state index is 0.116. The van der Waals surface area contributed by atoms with E-state index in [1.54, 1.807) is 36.1 Å². The second-order valence-corrected chi connectivity index (χ2v) is 7.60. The summed E-state index contributed by atoms with van der Waals surface area (Å²) >= 11 is 12.7. The van der Waals surface area contributed by atoms with Crippen molar-refractivity contribution in [3.63, 3.8) is 0 Å². The first-order valence-corrected chi connectivity index (χ1v) is 10.0. The number of anilines is 1. The lowest BCUT2D eigenvalue weighted by atomic mass is 9.99. The number of esters is 1. The summed E-state index contributed by atoms with van der Waals surface area (Å²) in [4.78, 5) is 27.0. The number of benzene rings is 2. The van der Waals surface area contributed by atoms with Gasteiger partial charge in [-0.1, -0.05) is 41.4 Å². The molecular formula is C22H21Cl2NO4. The maximum absolute atomic E-state index is 13.3. The average molecular weight is 434 g/mol. The highest BCUT2D eigenvalue weighted by atomic mass is 35.5. The lowest BCUT2D eigenvalue weighted by Gasteiger charge is -2.26. The van der Waals surface area contributed by atoms with Gasteiger partial charge in [-0.3, -0.25) is 4.79 Å². The Hall–Kier alpha value is -2.50. The van der Waals surface area contributed by atoms with Crippen LogP contribution in [0.25, 0.3) is 0 Å². The van der Waals surface area contributed by atoms with Crippen LogP contribution >= 0.6 is 23.2 Å². The van der Waals surface area contributed by atoms with E-state index < -0.39 is 18.0 Å². The van der Waals surface area contributed by atoms with Gasteiger partial charge in [0.05, 0.1) is 18.4 Å². The predicted octanol–water partition coefficient (Wildman–Crippen LogP) is 5.30. The molecular weight excluding hydrogens is 413 g/mol. The van der Waals surface area contributed by atoms with Crippen molar-refractivity contribution in [1.29, 1.82) is 0 Å². The Morgan fingerprint density at radius 1 is 1.21 bits per heavy atom. The van der Waals surface area contributed by atoms with Crippen LogP contribution in [0.4, 0.5) is 5.69 Å². The van der Waals surface area contributed by atoms with Crippen LogP contribution in [0.2, 0.25) is 10.0 Å². The Bertz CT molecular complexity index is 971. The molecule has 0 radical (unpaired) electrons. The first-order valence-electron chi connectivity index (χ1n) is 9.26. The maximum atomic E-state index is 13.3. The molecule has 1 heterocycles. The molecule has 0 spiro atoms. The summed E-state index contributed by atoms with van der Waals surface area (Å²) in [6, 6.07) is 12.2. The van der Waals surface area contributed by atoms with Crippen molar-refractivity contribution >= 4 is 40.8 Å². The lowest BCUT2D eigenvalue weighted by molar-refractivity contribution is -0.138. The van der Waals surface area contributed by atoms with Gasteiger partial charge in [0, 0.05) is 27.2 Å². The Balaban J connectivity index is 2.25. The molecule has 1 aliphatic rings. The summed E-state index contributed by atoms with van der Waals surface area (Å²) in [5, 5.41) is 0.975. The number of hydrogen-bond acceptors (Lipinski definition) is 4. The molecule has 7 heteroatoms. The Morgan fingerprint density at radius 2 is 1.93 bits per heavy atom. The third kappa shape index (κ3) is 4.41. The molecule has 0 aromatic heterocycles. The van der Waals surface area contributed by atoms with Crippen LogP contribution in [0.3, 0.4) is 0 Å². The summed E-state index contributed by atoms with van der Waals surface area (Å²) in [6.45, 7) is 5.65. The standard InChI is InChI=1S/C22H21Cl2NO4/c1-4-28-20(26)12-19-22(27)25(13(2)3)18-10-9-14(23)11-16(18)21(29-19)15-7-5-6-8-17(15)24/h5-13,21H,4H2,1-3H3/b19-12-. The van der Waals surface area contributed by atoms with E-state index in [1.807, 2.05) is 32.0 Å². The number of rotatable bonds is 4. The molecule has 2 aromatic rings. The van der Waals surface area contributed by atoms with Gasteiger partial charge in [-0.25, -0.2) is 4.79 Å². The van der Waals surface area contributed by atoms with E-state index >= 15 is 0 Å². The van der Waals surface area contributed by atoms with Gasteiger partial charge in [-0.05, 0) is 45.0 Å². The van der Waals surface area contributed by atoms with Gasteiger partial charge in [0.2, 0.25) is 0 Å². The number of hydrogen-bond donors (Lipinski definition) is 0. The van der Waals surface area contributed by atoms with Crippen molar-refractivity contribution in [2.24, 2.45) is 0 Å². The molecule has 0 fully saturated rings. The summed E-state index contributed by atoms with van der Waals surface area (Å²) in [5.74, 6) is -1.21. The largest absolute Gasteiger partial charge is 0.475 e. The molecule has 2 aromatic carbocycles. The SMILES string of the molecule is CCOC(=O)/C=C1\OC(c2ccccc2Cl)c2cc(Cl)ccc2N(C(C)C)C1=O. The molecule has 1 aliphatic heterocycles. The molecule has 1 atom stereocenters. The zero-order chi connectivity index (χ0) is 21.1. The second-order valence-electron chi connectivity index (χ2n) is 6.75.